The quantitative estimate of drug-likeness (QED) is 0.624. The zero-order valence-corrected chi connectivity index (χ0v) is 13.1. The summed E-state index contributed by atoms with van der Waals surface area (Å²) in [5.41, 5.74) is 4.41. The number of nitrogens with one attached hydrogen (secondary N) is 1. The van der Waals surface area contributed by atoms with Crippen LogP contribution < -0.4 is 16.0 Å². The predicted octanol–water partition coefficient (Wildman–Crippen LogP) is 2.61. The van der Waals surface area contributed by atoms with Crippen molar-refractivity contribution in [2.75, 3.05) is 14.1 Å². The first-order valence-electron chi connectivity index (χ1n) is 8.06. The molecule has 0 heterocycles. The van der Waals surface area contributed by atoms with Gasteiger partial charge in [0.1, 0.15) is 5.75 Å². The third-order valence-electron chi connectivity index (χ3n) is 5.08. The van der Waals surface area contributed by atoms with E-state index in [1.54, 1.807) is 0 Å². The topological polar surface area (TPSA) is 50.5 Å². The summed E-state index contributed by atoms with van der Waals surface area (Å²) in [5.74, 6) is 6.93. The molecule has 0 radical (unpaired) electrons. The number of hydrazine groups is 1. The molecular weight excluding hydrogens is 262 g/mol. The van der Waals surface area contributed by atoms with Crippen LogP contribution in [0.1, 0.15) is 50.1 Å². The molecule has 0 aliphatic heterocycles. The van der Waals surface area contributed by atoms with Crippen molar-refractivity contribution in [2.45, 2.75) is 56.2 Å². The normalized spacial score (nSPS) is 22.5. The second-order valence-electron chi connectivity index (χ2n) is 6.69. The first-order valence-corrected chi connectivity index (χ1v) is 8.06. The summed E-state index contributed by atoms with van der Waals surface area (Å²) in [4.78, 5) is 2.35. The van der Waals surface area contributed by atoms with E-state index in [9.17, 15) is 0 Å². The molecule has 0 amide bonds. The standard InChI is InChI=1S/C17H27N3O/c1-20(2)17(10-3-4-11-17)16(19-18)13-6-5-7-15(12-13)21-14-8-9-14/h5-7,12,14,16,19H,3-4,8-11,18H2,1-2H3. The summed E-state index contributed by atoms with van der Waals surface area (Å²) < 4.78 is 5.93. The van der Waals surface area contributed by atoms with Crippen LogP contribution in [-0.4, -0.2) is 30.6 Å². The van der Waals surface area contributed by atoms with Gasteiger partial charge >= 0.3 is 0 Å². The minimum atomic E-state index is 0.104. The highest BCUT2D eigenvalue weighted by Gasteiger charge is 2.43. The Morgan fingerprint density at radius 2 is 2.00 bits per heavy atom. The maximum atomic E-state index is 5.95. The van der Waals surface area contributed by atoms with E-state index in [1.165, 1.54) is 44.1 Å². The maximum absolute atomic E-state index is 5.95. The molecule has 3 rings (SSSR count). The molecule has 2 fully saturated rings. The molecule has 21 heavy (non-hydrogen) atoms. The highest BCUT2D eigenvalue weighted by Crippen LogP contribution is 2.43. The number of benzene rings is 1. The lowest BCUT2D eigenvalue weighted by Gasteiger charge is -2.43. The second-order valence-corrected chi connectivity index (χ2v) is 6.69. The summed E-state index contributed by atoms with van der Waals surface area (Å²) >= 11 is 0. The van der Waals surface area contributed by atoms with Crippen molar-refractivity contribution in [1.82, 2.24) is 10.3 Å². The van der Waals surface area contributed by atoms with Crippen LogP contribution in [0, 0.1) is 0 Å². The largest absolute Gasteiger partial charge is 0.490 e. The number of nitrogens with zero attached hydrogens (tertiary/aromatic N) is 1. The number of nitrogens with two attached hydrogens (primary N) is 1. The van der Waals surface area contributed by atoms with E-state index in [4.69, 9.17) is 10.6 Å². The summed E-state index contributed by atoms with van der Waals surface area (Å²) in [5, 5.41) is 0. The Labute approximate surface area is 127 Å². The van der Waals surface area contributed by atoms with Crippen LogP contribution in [-0.2, 0) is 0 Å². The van der Waals surface area contributed by atoms with Crippen molar-refractivity contribution in [3.05, 3.63) is 29.8 Å². The molecular formula is C17H27N3O. The van der Waals surface area contributed by atoms with Crippen molar-refractivity contribution in [2.24, 2.45) is 5.84 Å². The van der Waals surface area contributed by atoms with E-state index in [2.05, 4.69) is 42.6 Å². The molecule has 2 aliphatic rings. The molecule has 3 N–H and O–H groups in total. The number of hydrogen-bond acceptors (Lipinski definition) is 4. The molecule has 1 unspecified atom stereocenters. The maximum Gasteiger partial charge on any atom is 0.120 e. The second kappa shape index (κ2) is 5.95. The van der Waals surface area contributed by atoms with Gasteiger partial charge in [-0.05, 0) is 57.5 Å². The van der Waals surface area contributed by atoms with E-state index in [1.807, 2.05) is 6.07 Å². The van der Waals surface area contributed by atoms with Gasteiger partial charge < -0.3 is 9.64 Å². The Hall–Kier alpha value is -1.10. The van der Waals surface area contributed by atoms with Crippen LogP contribution in [0.2, 0.25) is 0 Å². The molecule has 0 saturated heterocycles. The smallest absolute Gasteiger partial charge is 0.120 e. The minimum absolute atomic E-state index is 0.104. The third-order valence-corrected chi connectivity index (χ3v) is 5.08. The van der Waals surface area contributed by atoms with E-state index in [-0.39, 0.29) is 11.6 Å². The lowest BCUT2D eigenvalue weighted by atomic mass is 9.83. The van der Waals surface area contributed by atoms with Gasteiger partial charge in [-0.15, -0.1) is 0 Å². The fourth-order valence-corrected chi connectivity index (χ4v) is 3.69. The molecule has 2 saturated carbocycles. The molecule has 1 atom stereocenters. The number of hydrogen-bond donors (Lipinski definition) is 2. The lowest BCUT2D eigenvalue weighted by Crippen LogP contribution is -2.53. The fourth-order valence-electron chi connectivity index (χ4n) is 3.69. The van der Waals surface area contributed by atoms with Crippen molar-refractivity contribution >= 4 is 0 Å². The highest BCUT2D eigenvalue weighted by atomic mass is 16.5. The highest BCUT2D eigenvalue weighted by molar-refractivity contribution is 5.33. The van der Waals surface area contributed by atoms with Gasteiger partial charge in [0.2, 0.25) is 0 Å². The van der Waals surface area contributed by atoms with E-state index >= 15 is 0 Å². The average molecular weight is 289 g/mol. The first kappa shape index (κ1) is 14.8. The zero-order valence-electron chi connectivity index (χ0n) is 13.1. The van der Waals surface area contributed by atoms with Crippen LogP contribution in [0.25, 0.3) is 0 Å². The molecule has 116 valence electrons. The van der Waals surface area contributed by atoms with Crippen molar-refractivity contribution in [1.29, 1.82) is 0 Å². The average Bonchev–Trinajstić information content (AvgIpc) is 3.14. The first-order chi connectivity index (χ1) is 10.2. The summed E-state index contributed by atoms with van der Waals surface area (Å²) in [6, 6.07) is 8.58. The Kier molecular flexibility index (Phi) is 4.20. The number of likely N-dealkylation sites (N-methyl/N-ethyl adjacent to an activating group) is 1. The molecule has 4 heteroatoms. The molecule has 1 aromatic carbocycles. The third kappa shape index (κ3) is 2.93. The number of rotatable bonds is 6. The van der Waals surface area contributed by atoms with E-state index < -0.39 is 0 Å². The zero-order chi connectivity index (χ0) is 14.9. The molecule has 4 nitrogen and oxygen atoms in total. The lowest BCUT2D eigenvalue weighted by molar-refractivity contribution is 0.104. The van der Waals surface area contributed by atoms with E-state index in [0.717, 1.165) is 5.75 Å². The summed E-state index contributed by atoms with van der Waals surface area (Å²) in [6.45, 7) is 0. The van der Waals surface area contributed by atoms with Crippen LogP contribution in [0.15, 0.2) is 24.3 Å². The van der Waals surface area contributed by atoms with Gasteiger partial charge in [0.25, 0.3) is 0 Å². The SMILES string of the molecule is CN(C)C1(C(NN)c2cccc(OC3CC3)c2)CCCC1. The van der Waals surface area contributed by atoms with Crippen LogP contribution in [0.4, 0.5) is 0 Å². The predicted molar refractivity (Wildman–Crippen MR) is 85.0 cm³/mol. The monoisotopic (exact) mass is 289 g/mol. The van der Waals surface area contributed by atoms with Gasteiger partial charge in [-0.3, -0.25) is 11.3 Å². The molecule has 0 aromatic heterocycles. The van der Waals surface area contributed by atoms with Gasteiger partial charge in [-0.2, -0.15) is 0 Å². The Balaban J connectivity index is 1.87. The molecule has 2 aliphatic carbocycles. The van der Waals surface area contributed by atoms with Gasteiger partial charge in [-0.25, -0.2) is 0 Å². The minimum Gasteiger partial charge on any atom is -0.490 e. The number of ether oxygens (including phenoxy) is 1. The van der Waals surface area contributed by atoms with Gasteiger partial charge in [-0.1, -0.05) is 25.0 Å². The van der Waals surface area contributed by atoms with E-state index in [0.29, 0.717) is 6.10 Å². The van der Waals surface area contributed by atoms with Crippen molar-refractivity contribution < 1.29 is 4.74 Å². The van der Waals surface area contributed by atoms with Gasteiger partial charge in [0.15, 0.2) is 0 Å². The van der Waals surface area contributed by atoms with Gasteiger partial charge in [0.05, 0.1) is 12.1 Å². The fraction of sp³-hybridized carbons (Fsp3) is 0.647. The Morgan fingerprint density at radius 1 is 1.29 bits per heavy atom. The van der Waals surface area contributed by atoms with Crippen molar-refractivity contribution in [3.8, 4) is 5.75 Å². The molecule has 0 spiro atoms. The summed E-state index contributed by atoms with van der Waals surface area (Å²) in [6.07, 6.45) is 7.71. The van der Waals surface area contributed by atoms with Crippen LogP contribution in [0.3, 0.4) is 0 Å². The Bertz CT molecular complexity index is 479. The van der Waals surface area contributed by atoms with Crippen molar-refractivity contribution in [3.63, 3.8) is 0 Å². The molecule has 1 aromatic rings. The van der Waals surface area contributed by atoms with Gasteiger partial charge in [0, 0.05) is 5.54 Å². The summed E-state index contributed by atoms with van der Waals surface area (Å²) in [7, 11) is 4.33. The molecule has 0 bridgehead atoms. The Morgan fingerprint density at radius 3 is 2.57 bits per heavy atom. The van der Waals surface area contributed by atoms with Crippen LogP contribution in [0.5, 0.6) is 5.75 Å². The van der Waals surface area contributed by atoms with Crippen LogP contribution >= 0.6 is 0 Å².